The van der Waals surface area contributed by atoms with Gasteiger partial charge in [-0.2, -0.15) is 13.2 Å². The molecule has 0 spiro atoms. The Kier molecular flexibility index (Phi) is 2.01. The van der Waals surface area contributed by atoms with Crippen molar-refractivity contribution in [3.63, 3.8) is 0 Å². The van der Waals surface area contributed by atoms with Gasteiger partial charge in [-0.1, -0.05) is 17.7 Å². The Labute approximate surface area is 67.3 Å². The summed E-state index contributed by atoms with van der Waals surface area (Å²) in [5.41, 5.74) is -0.443. The molecule has 1 rings (SSSR count). The summed E-state index contributed by atoms with van der Waals surface area (Å²) in [6, 6.07) is 0. The predicted molar refractivity (Wildman–Crippen MR) is 37.3 cm³/mol. The Morgan fingerprint density at radius 2 is 2.00 bits per heavy atom. The van der Waals surface area contributed by atoms with Crippen LogP contribution in [0.1, 0.15) is 13.3 Å². The Hall–Kier alpha value is -0.440. The van der Waals surface area contributed by atoms with Crippen LogP contribution in [0, 0.1) is 0 Å². The van der Waals surface area contributed by atoms with Crippen molar-refractivity contribution >= 4 is 11.6 Å². The molecule has 0 amide bonds. The first-order valence-electron chi connectivity index (χ1n) is 3.06. The Morgan fingerprint density at radius 1 is 1.45 bits per heavy atom. The molecular weight excluding hydrogens is 177 g/mol. The minimum Gasteiger partial charge on any atom is -0.166 e. The van der Waals surface area contributed by atoms with Crippen molar-refractivity contribution in [2.75, 3.05) is 0 Å². The van der Waals surface area contributed by atoms with Crippen LogP contribution in [0.2, 0.25) is 0 Å². The zero-order valence-corrected chi connectivity index (χ0v) is 6.55. The van der Waals surface area contributed by atoms with Crippen molar-refractivity contribution in [3.05, 3.63) is 22.3 Å². The van der Waals surface area contributed by atoms with E-state index >= 15 is 0 Å². The average molecular weight is 183 g/mol. The second-order valence-electron chi connectivity index (χ2n) is 2.35. The molecule has 62 valence electrons. The van der Waals surface area contributed by atoms with E-state index in [9.17, 15) is 13.2 Å². The van der Waals surface area contributed by atoms with Crippen LogP contribution < -0.4 is 0 Å². The molecule has 0 nitrogen and oxygen atoms in total. The maximum Gasteiger partial charge on any atom is 0.416 e. The van der Waals surface area contributed by atoms with E-state index in [-0.39, 0.29) is 17.0 Å². The maximum atomic E-state index is 12.0. The lowest BCUT2D eigenvalue weighted by molar-refractivity contribution is -0.0891. The average Bonchev–Trinajstić information content (AvgIpc) is 2.11. The lowest BCUT2D eigenvalue weighted by atomic mass is 10.1. The molecule has 0 radical (unpaired) electrons. The van der Waals surface area contributed by atoms with Crippen LogP contribution in [0.15, 0.2) is 22.3 Å². The summed E-state index contributed by atoms with van der Waals surface area (Å²) < 4.78 is 36.1. The summed E-state index contributed by atoms with van der Waals surface area (Å²) >= 11 is 5.49. The second-order valence-corrected chi connectivity index (χ2v) is 2.81. The molecule has 0 aromatic carbocycles. The van der Waals surface area contributed by atoms with Gasteiger partial charge in [0.15, 0.2) is 0 Å². The van der Waals surface area contributed by atoms with E-state index in [4.69, 9.17) is 11.6 Å². The van der Waals surface area contributed by atoms with Gasteiger partial charge >= 0.3 is 6.18 Å². The van der Waals surface area contributed by atoms with Gasteiger partial charge in [-0.3, -0.25) is 0 Å². The van der Waals surface area contributed by atoms with Gasteiger partial charge in [0.05, 0.1) is 5.57 Å². The first kappa shape index (κ1) is 8.65. The summed E-state index contributed by atoms with van der Waals surface area (Å²) in [6.07, 6.45) is -2.93. The van der Waals surface area contributed by atoms with Crippen molar-refractivity contribution in [1.29, 1.82) is 0 Å². The Morgan fingerprint density at radius 3 is 2.18 bits per heavy atom. The molecule has 0 aliphatic heterocycles. The molecule has 0 fully saturated rings. The smallest absolute Gasteiger partial charge is 0.166 e. The number of allylic oxidation sites excluding steroid dienone is 4. The van der Waals surface area contributed by atoms with Gasteiger partial charge in [0.1, 0.15) is 0 Å². The second kappa shape index (κ2) is 2.55. The topological polar surface area (TPSA) is 0 Å². The quantitative estimate of drug-likeness (QED) is 0.539. The molecule has 1 aliphatic rings. The molecule has 0 bridgehead atoms. The maximum absolute atomic E-state index is 12.0. The lowest BCUT2D eigenvalue weighted by Crippen LogP contribution is -2.11. The highest BCUT2D eigenvalue weighted by Gasteiger charge is 2.37. The number of hydrogen-bond donors (Lipinski definition) is 0. The molecule has 0 N–H and O–H groups in total. The van der Waals surface area contributed by atoms with E-state index in [0.29, 0.717) is 0 Å². The van der Waals surface area contributed by atoms with Gasteiger partial charge in [-0.25, -0.2) is 0 Å². The van der Waals surface area contributed by atoms with Crippen LogP contribution in [-0.2, 0) is 0 Å². The summed E-state index contributed by atoms with van der Waals surface area (Å²) in [5, 5.41) is 0.289. The summed E-state index contributed by atoms with van der Waals surface area (Å²) in [7, 11) is 0. The fourth-order valence-corrected chi connectivity index (χ4v) is 1.15. The predicted octanol–water partition coefficient (Wildman–Crippen LogP) is 3.39. The first-order valence-corrected chi connectivity index (χ1v) is 3.43. The Bertz CT molecular complexity index is 235. The first-order chi connectivity index (χ1) is 4.93. The number of alkyl halides is 3. The molecule has 0 aromatic rings. The third-order valence-corrected chi connectivity index (χ3v) is 2.04. The number of halogens is 4. The summed E-state index contributed by atoms with van der Waals surface area (Å²) in [4.78, 5) is 0. The van der Waals surface area contributed by atoms with Gasteiger partial charge in [0.25, 0.3) is 0 Å². The van der Waals surface area contributed by atoms with Crippen molar-refractivity contribution in [3.8, 4) is 0 Å². The minimum atomic E-state index is -4.25. The van der Waals surface area contributed by atoms with Crippen molar-refractivity contribution < 1.29 is 13.2 Å². The molecule has 1 aliphatic carbocycles. The number of hydrogen-bond acceptors (Lipinski definition) is 0. The molecule has 4 heteroatoms. The van der Waals surface area contributed by atoms with Crippen LogP contribution in [0.25, 0.3) is 0 Å². The lowest BCUT2D eigenvalue weighted by Gasteiger charge is -2.08. The van der Waals surface area contributed by atoms with E-state index in [1.54, 1.807) is 0 Å². The Balaban J connectivity index is 2.94. The van der Waals surface area contributed by atoms with Gasteiger partial charge in [-0.15, -0.1) is 0 Å². The van der Waals surface area contributed by atoms with E-state index in [1.165, 1.54) is 6.92 Å². The molecule has 0 saturated carbocycles. The molecule has 0 heterocycles. The summed E-state index contributed by atoms with van der Waals surface area (Å²) in [6.45, 7) is 1.38. The fourth-order valence-electron chi connectivity index (χ4n) is 0.972. The fraction of sp³-hybridized carbons (Fsp3) is 0.429. The third kappa shape index (κ3) is 1.59. The highest BCUT2D eigenvalue weighted by atomic mass is 35.5. The van der Waals surface area contributed by atoms with Crippen LogP contribution in [-0.4, -0.2) is 6.18 Å². The number of rotatable bonds is 0. The van der Waals surface area contributed by atoms with E-state index in [2.05, 4.69) is 0 Å². The van der Waals surface area contributed by atoms with Gasteiger partial charge < -0.3 is 0 Å². The standard InChI is InChI=1S/C7H6ClF3/c1-4-5(7(9,10)11)2-3-6(4)8/h2H,3H2,1H3. The van der Waals surface area contributed by atoms with Crippen molar-refractivity contribution in [2.45, 2.75) is 19.5 Å². The normalized spacial score (nSPS) is 19.2. The largest absolute Gasteiger partial charge is 0.416 e. The molecule has 0 atom stereocenters. The molecule has 11 heavy (non-hydrogen) atoms. The zero-order chi connectivity index (χ0) is 8.65. The van der Waals surface area contributed by atoms with E-state index in [0.717, 1.165) is 6.08 Å². The van der Waals surface area contributed by atoms with Crippen LogP contribution in [0.4, 0.5) is 13.2 Å². The van der Waals surface area contributed by atoms with Gasteiger partial charge in [0, 0.05) is 11.5 Å². The van der Waals surface area contributed by atoms with Crippen LogP contribution in [0.3, 0.4) is 0 Å². The molecule has 0 unspecified atom stereocenters. The zero-order valence-electron chi connectivity index (χ0n) is 5.80. The molecule has 0 saturated heterocycles. The van der Waals surface area contributed by atoms with Crippen molar-refractivity contribution in [1.82, 2.24) is 0 Å². The summed E-state index contributed by atoms with van der Waals surface area (Å²) in [5.74, 6) is 0. The van der Waals surface area contributed by atoms with Crippen LogP contribution >= 0.6 is 11.6 Å². The monoisotopic (exact) mass is 182 g/mol. The molecule has 0 aromatic heterocycles. The van der Waals surface area contributed by atoms with Crippen molar-refractivity contribution in [2.24, 2.45) is 0 Å². The van der Waals surface area contributed by atoms with E-state index < -0.39 is 11.7 Å². The minimum absolute atomic E-state index is 0.152. The van der Waals surface area contributed by atoms with Gasteiger partial charge in [0.2, 0.25) is 0 Å². The highest BCUT2D eigenvalue weighted by molar-refractivity contribution is 6.30. The highest BCUT2D eigenvalue weighted by Crippen LogP contribution is 2.38. The van der Waals surface area contributed by atoms with Gasteiger partial charge in [-0.05, 0) is 12.5 Å². The molecular formula is C7H6ClF3. The van der Waals surface area contributed by atoms with E-state index in [1.807, 2.05) is 0 Å². The van der Waals surface area contributed by atoms with Crippen LogP contribution in [0.5, 0.6) is 0 Å². The SMILES string of the molecule is CC1=C(Cl)CC=C1C(F)(F)F. The third-order valence-electron chi connectivity index (χ3n) is 1.60.